The maximum Gasteiger partial charge on any atom is 0.242 e. The van der Waals surface area contributed by atoms with Crippen molar-refractivity contribution in [3.63, 3.8) is 0 Å². The zero-order valence-electron chi connectivity index (χ0n) is 11.1. The van der Waals surface area contributed by atoms with Gasteiger partial charge in [0.05, 0.1) is 17.9 Å². The van der Waals surface area contributed by atoms with E-state index in [1.807, 2.05) is 6.07 Å². The van der Waals surface area contributed by atoms with Gasteiger partial charge in [0, 0.05) is 12.7 Å². The van der Waals surface area contributed by atoms with Crippen molar-refractivity contribution in [3.8, 4) is 0 Å². The predicted molar refractivity (Wildman–Crippen MR) is 76.7 cm³/mol. The van der Waals surface area contributed by atoms with Crippen molar-refractivity contribution in [1.82, 2.24) is 14.9 Å². The Morgan fingerprint density at radius 2 is 1.95 bits per heavy atom. The van der Waals surface area contributed by atoms with Gasteiger partial charge in [-0.2, -0.15) is 10.2 Å². The molecule has 0 aliphatic carbocycles. The first-order valence-electron chi connectivity index (χ1n) is 6.22. The van der Waals surface area contributed by atoms with Crippen LogP contribution in [0.5, 0.6) is 0 Å². The molecular formula is C13H16N4O2S. The van der Waals surface area contributed by atoms with Gasteiger partial charge in [0.15, 0.2) is 0 Å². The first-order valence-corrected chi connectivity index (χ1v) is 7.71. The van der Waals surface area contributed by atoms with Gasteiger partial charge in [0.2, 0.25) is 10.0 Å². The Kier molecular flexibility index (Phi) is 4.65. The van der Waals surface area contributed by atoms with Crippen molar-refractivity contribution in [2.75, 3.05) is 11.9 Å². The van der Waals surface area contributed by atoms with Gasteiger partial charge in [-0.15, -0.1) is 0 Å². The third kappa shape index (κ3) is 3.52. The fourth-order valence-corrected chi connectivity index (χ4v) is 2.95. The molecule has 6 nitrogen and oxygen atoms in total. The highest BCUT2D eigenvalue weighted by Crippen LogP contribution is 2.20. The summed E-state index contributed by atoms with van der Waals surface area (Å²) in [6.07, 6.45) is 1.59. The second-order valence-electron chi connectivity index (χ2n) is 4.07. The zero-order chi connectivity index (χ0) is 14.4. The maximum absolute atomic E-state index is 12.1. The van der Waals surface area contributed by atoms with Crippen LogP contribution >= 0.6 is 0 Å². The summed E-state index contributed by atoms with van der Waals surface area (Å²) in [5.74, 6) is 0. The van der Waals surface area contributed by atoms with E-state index in [-0.39, 0.29) is 4.90 Å². The molecule has 0 unspecified atom stereocenters. The van der Waals surface area contributed by atoms with Gasteiger partial charge < -0.3 is 5.32 Å². The second-order valence-corrected chi connectivity index (χ2v) is 5.80. The van der Waals surface area contributed by atoms with E-state index in [9.17, 15) is 8.42 Å². The van der Waals surface area contributed by atoms with E-state index in [2.05, 4.69) is 20.2 Å². The number of anilines is 1. The lowest BCUT2D eigenvalue weighted by molar-refractivity contribution is 0.584. The molecule has 106 valence electrons. The summed E-state index contributed by atoms with van der Waals surface area (Å²) in [5, 5.41) is 10.8. The zero-order valence-corrected chi connectivity index (χ0v) is 11.9. The molecule has 0 aliphatic rings. The number of hydrogen-bond acceptors (Lipinski definition) is 5. The molecule has 2 rings (SSSR count). The number of aromatic nitrogens is 2. The number of nitrogens with one attached hydrogen (secondary N) is 2. The number of sulfonamides is 1. The first kappa shape index (κ1) is 14.4. The van der Waals surface area contributed by atoms with Crippen LogP contribution in [-0.2, 0) is 16.6 Å². The minimum atomic E-state index is -3.49. The summed E-state index contributed by atoms with van der Waals surface area (Å²) in [6.45, 7) is 2.50. The SMILES string of the molecule is CCNS(=O)(=O)c1ccccc1NCc1cccnn1. The van der Waals surface area contributed by atoms with Gasteiger partial charge in [0.1, 0.15) is 4.90 Å². The number of benzene rings is 1. The van der Waals surface area contributed by atoms with Crippen molar-refractivity contribution in [3.05, 3.63) is 48.3 Å². The van der Waals surface area contributed by atoms with Crippen LogP contribution in [0.4, 0.5) is 5.69 Å². The summed E-state index contributed by atoms with van der Waals surface area (Å²) in [7, 11) is -3.49. The highest BCUT2D eigenvalue weighted by molar-refractivity contribution is 7.89. The maximum atomic E-state index is 12.1. The van der Waals surface area contributed by atoms with E-state index in [4.69, 9.17) is 0 Å². The largest absolute Gasteiger partial charge is 0.378 e. The van der Waals surface area contributed by atoms with Gasteiger partial charge >= 0.3 is 0 Å². The van der Waals surface area contributed by atoms with Crippen LogP contribution < -0.4 is 10.0 Å². The third-order valence-electron chi connectivity index (χ3n) is 2.60. The van der Waals surface area contributed by atoms with Gasteiger partial charge in [-0.1, -0.05) is 19.1 Å². The Bertz CT molecular complexity index is 659. The number of nitrogens with zero attached hydrogens (tertiary/aromatic N) is 2. The Labute approximate surface area is 118 Å². The quantitative estimate of drug-likeness (QED) is 0.840. The van der Waals surface area contributed by atoms with E-state index >= 15 is 0 Å². The molecule has 0 amide bonds. The summed E-state index contributed by atoms with van der Waals surface area (Å²) in [4.78, 5) is 0.228. The molecule has 0 bridgehead atoms. The molecule has 0 radical (unpaired) electrons. The van der Waals surface area contributed by atoms with Gasteiger partial charge in [-0.05, 0) is 24.3 Å². The Morgan fingerprint density at radius 3 is 2.65 bits per heavy atom. The molecule has 2 N–H and O–H groups in total. The lowest BCUT2D eigenvalue weighted by Gasteiger charge is -2.12. The molecule has 0 atom stereocenters. The summed E-state index contributed by atoms with van der Waals surface area (Å²) in [5.41, 5.74) is 1.28. The average Bonchev–Trinajstić information content (AvgIpc) is 2.46. The number of hydrogen-bond donors (Lipinski definition) is 2. The van der Waals surface area contributed by atoms with Crippen LogP contribution in [0.15, 0.2) is 47.5 Å². The molecule has 7 heteroatoms. The van der Waals surface area contributed by atoms with E-state index < -0.39 is 10.0 Å². The highest BCUT2D eigenvalue weighted by Gasteiger charge is 2.16. The van der Waals surface area contributed by atoms with E-state index in [0.717, 1.165) is 5.69 Å². The minimum Gasteiger partial charge on any atom is -0.378 e. The molecule has 0 saturated heterocycles. The molecule has 0 spiro atoms. The second kappa shape index (κ2) is 6.44. The number of rotatable bonds is 6. The summed E-state index contributed by atoms with van der Waals surface area (Å²) >= 11 is 0. The standard InChI is InChI=1S/C13H16N4O2S/c1-2-16-20(18,19)13-8-4-3-7-12(13)14-10-11-6-5-9-15-17-11/h3-9,14,16H,2,10H2,1H3. The van der Waals surface area contributed by atoms with Crippen LogP contribution in [0.2, 0.25) is 0 Å². The van der Waals surface area contributed by atoms with Gasteiger partial charge in [0.25, 0.3) is 0 Å². The Hall–Kier alpha value is -1.99. The van der Waals surface area contributed by atoms with Crippen LogP contribution in [0.3, 0.4) is 0 Å². The summed E-state index contributed by atoms with van der Waals surface area (Å²) < 4.78 is 26.7. The topological polar surface area (TPSA) is 84.0 Å². The average molecular weight is 292 g/mol. The fourth-order valence-electron chi connectivity index (χ4n) is 1.73. The van der Waals surface area contributed by atoms with Crippen molar-refractivity contribution in [1.29, 1.82) is 0 Å². The molecule has 0 fully saturated rings. The fraction of sp³-hybridized carbons (Fsp3) is 0.231. The summed E-state index contributed by atoms with van der Waals surface area (Å²) in [6, 6.07) is 10.4. The first-order chi connectivity index (χ1) is 9.63. The molecule has 20 heavy (non-hydrogen) atoms. The van der Waals surface area contributed by atoms with Crippen LogP contribution in [-0.4, -0.2) is 25.2 Å². The van der Waals surface area contributed by atoms with Crippen LogP contribution in [0.25, 0.3) is 0 Å². The molecule has 0 saturated carbocycles. The van der Waals surface area contributed by atoms with Crippen LogP contribution in [0.1, 0.15) is 12.6 Å². The van der Waals surface area contributed by atoms with E-state index in [1.165, 1.54) is 0 Å². The molecule has 0 aliphatic heterocycles. The van der Waals surface area contributed by atoms with Crippen molar-refractivity contribution in [2.24, 2.45) is 0 Å². The normalized spacial score (nSPS) is 11.2. The molecular weight excluding hydrogens is 276 g/mol. The molecule has 1 aromatic carbocycles. The van der Waals surface area contributed by atoms with Crippen LogP contribution in [0, 0.1) is 0 Å². The third-order valence-corrected chi connectivity index (χ3v) is 4.20. The lowest BCUT2D eigenvalue weighted by Crippen LogP contribution is -2.24. The molecule has 1 aromatic heterocycles. The predicted octanol–water partition coefficient (Wildman–Crippen LogP) is 1.39. The number of para-hydroxylation sites is 1. The van der Waals surface area contributed by atoms with Crippen molar-refractivity contribution >= 4 is 15.7 Å². The smallest absolute Gasteiger partial charge is 0.242 e. The van der Waals surface area contributed by atoms with E-state index in [0.29, 0.717) is 18.8 Å². The highest BCUT2D eigenvalue weighted by atomic mass is 32.2. The minimum absolute atomic E-state index is 0.228. The lowest BCUT2D eigenvalue weighted by atomic mass is 10.3. The Morgan fingerprint density at radius 1 is 1.15 bits per heavy atom. The van der Waals surface area contributed by atoms with Gasteiger partial charge in [-0.25, -0.2) is 13.1 Å². The Balaban J connectivity index is 2.21. The van der Waals surface area contributed by atoms with Gasteiger partial charge in [-0.3, -0.25) is 0 Å². The van der Waals surface area contributed by atoms with E-state index in [1.54, 1.807) is 43.5 Å². The monoisotopic (exact) mass is 292 g/mol. The van der Waals surface area contributed by atoms with Crippen molar-refractivity contribution in [2.45, 2.75) is 18.4 Å². The van der Waals surface area contributed by atoms with Crippen molar-refractivity contribution < 1.29 is 8.42 Å². The molecule has 2 aromatic rings. The molecule has 1 heterocycles.